The molecule has 0 aromatic carbocycles. The molecule has 17 heavy (non-hydrogen) atoms. The van der Waals surface area contributed by atoms with E-state index in [2.05, 4.69) is 15.0 Å². The molecule has 0 aliphatic carbocycles. The minimum Gasteiger partial charge on any atom is -0.481 e. The molecule has 1 heterocycles. The Morgan fingerprint density at radius 2 is 2.06 bits per heavy atom. The number of carbonyl (C=O) groups excluding carboxylic acids is 1. The van der Waals surface area contributed by atoms with Crippen LogP contribution in [-0.2, 0) is 4.79 Å². The molecule has 0 unspecified atom stereocenters. The first-order valence-electron chi connectivity index (χ1n) is 5.61. The van der Waals surface area contributed by atoms with Crippen molar-refractivity contribution < 1.29 is 19.2 Å². The number of carbonyl (C=O) groups is 2. The number of unbranched alkanes of at least 4 members (excludes halogenated alkanes) is 3. The first-order valence-corrected chi connectivity index (χ1v) is 5.61. The summed E-state index contributed by atoms with van der Waals surface area (Å²) in [5, 5.41) is 14.6. The van der Waals surface area contributed by atoms with E-state index in [1.54, 1.807) is 0 Å². The minimum absolute atomic E-state index is 0.205. The molecule has 94 valence electrons. The second-order valence-electron chi connectivity index (χ2n) is 3.69. The third-order valence-electron chi connectivity index (χ3n) is 2.26. The average molecular weight is 240 g/mol. The molecule has 0 aliphatic rings. The Morgan fingerprint density at radius 3 is 2.71 bits per heavy atom. The van der Waals surface area contributed by atoms with Crippen LogP contribution in [0.25, 0.3) is 0 Å². The maximum absolute atomic E-state index is 11.4. The van der Waals surface area contributed by atoms with Crippen molar-refractivity contribution in [3.8, 4) is 0 Å². The number of nitrogens with zero attached hydrogens (tertiary/aromatic N) is 1. The Morgan fingerprint density at radius 1 is 1.29 bits per heavy atom. The van der Waals surface area contributed by atoms with Gasteiger partial charge >= 0.3 is 5.97 Å². The number of hydrogen-bond acceptors (Lipinski definition) is 4. The van der Waals surface area contributed by atoms with Crippen LogP contribution in [0.1, 0.15) is 42.7 Å². The van der Waals surface area contributed by atoms with E-state index in [4.69, 9.17) is 5.11 Å². The zero-order valence-electron chi connectivity index (χ0n) is 9.52. The van der Waals surface area contributed by atoms with Gasteiger partial charge in [-0.3, -0.25) is 9.59 Å². The van der Waals surface area contributed by atoms with Gasteiger partial charge in [0.25, 0.3) is 5.91 Å². The summed E-state index contributed by atoms with van der Waals surface area (Å²) in [6, 6.07) is 1.50. The molecule has 1 rings (SSSR count). The molecule has 0 aliphatic heterocycles. The molecule has 6 heteroatoms. The fourth-order valence-corrected chi connectivity index (χ4v) is 1.38. The van der Waals surface area contributed by atoms with Crippen LogP contribution in [0.15, 0.2) is 16.8 Å². The highest BCUT2D eigenvalue weighted by Crippen LogP contribution is 2.02. The molecule has 0 saturated carbocycles. The van der Waals surface area contributed by atoms with E-state index >= 15 is 0 Å². The molecule has 1 aromatic heterocycles. The topological polar surface area (TPSA) is 92.4 Å². The molecule has 1 amide bonds. The second-order valence-corrected chi connectivity index (χ2v) is 3.69. The molecule has 0 fully saturated rings. The molecule has 1 aromatic rings. The van der Waals surface area contributed by atoms with Crippen molar-refractivity contribution in [3.05, 3.63) is 18.0 Å². The van der Waals surface area contributed by atoms with Gasteiger partial charge in [0.1, 0.15) is 0 Å². The third-order valence-corrected chi connectivity index (χ3v) is 2.26. The molecule has 0 radical (unpaired) electrons. The SMILES string of the molecule is O=C(O)CCCCCCNC(=O)c1ccno1. The van der Waals surface area contributed by atoms with Gasteiger partial charge in [-0.15, -0.1) is 0 Å². The highest BCUT2D eigenvalue weighted by atomic mass is 16.5. The Labute approximate surface area is 99.0 Å². The maximum atomic E-state index is 11.4. The van der Waals surface area contributed by atoms with Crippen molar-refractivity contribution in [2.45, 2.75) is 32.1 Å². The Bertz CT molecular complexity index is 348. The normalized spacial score (nSPS) is 10.1. The smallest absolute Gasteiger partial charge is 0.303 e. The van der Waals surface area contributed by atoms with E-state index in [9.17, 15) is 9.59 Å². The number of carboxylic acid groups (broad SMARTS) is 1. The monoisotopic (exact) mass is 240 g/mol. The Kier molecular flexibility index (Phi) is 5.77. The quantitative estimate of drug-likeness (QED) is 0.671. The number of nitrogens with one attached hydrogen (secondary N) is 1. The van der Waals surface area contributed by atoms with E-state index in [0.717, 1.165) is 19.3 Å². The third kappa shape index (κ3) is 5.70. The van der Waals surface area contributed by atoms with E-state index in [0.29, 0.717) is 13.0 Å². The van der Waals surface area contributed by atoms with Crippen LogP contribution in [0.3, 0.4) is 0 Å². The maximum Gasteiger partial charge on any atom is 0.303 e. The summed E-state index contributed by atoms with van der Waals surface area (Å²) in [6.07, 6.45) is 4.92. The van der Waals surface area contributed by atoms with E-state index in [1.165, 1.54) is 12.3 Å². The number of aliphatic carboxylic acids is 1. The lowest BCUT2D eigenvalue weighted by atomic mass is 10.1. The number of hydrogen-bond donors (Lipinski definition) is 2. The van der Waals surface area contributed by atoms with E-state index in [-0.39, 0.29) is 18.1 Å². The van der Waals surface area contributed by atoms with Gasteiger partial charge in [0.15, 0.2) is 0 Å². The zero-order valence-corrected chi connectivity index (χ0v) is 9.52. The Hall–Kier alpha value is -1.85. The number of aromatic nitrogens is 1. The summed E-state index contributed by atoms with van der Waals surface area (Å²) >= 11 is 0. The minimum atomic E-state index is -0.761. The van der Waals surface area contributed by atoms with Crippen LogP contribution in [0.5, 0.6) is 0 Å². The van der Waals surface area contributed by atoms with Crippen molar-refractivity contribution in [2.24, 2.45) is 0 Å². The zero-order chi connectivity index (χ0) is 12.5. The number of rotatable bonds is 8. The molecule has 0 bridgehead atoms. The van der Waals surface area contributed by atoms with Gasteiger partial charge in [0, 0.05) is 19.0 Å². The fraction of sp³-hybridized carbons (Fsp3) is 0.545. The summed E-state index contributed by atoms with van der Waals surface area (Å²) < 4.78 is 4.69. The summed E-state index contributed by atoms with van der Waals surface area (Å²) in [6.45, 7) is 0.562. The molecule has 2 N–H and O–H groups in total. The van der Waals surface area contributed by atoms with Crippen molar-refractivity contribution in [1.29, 1.82) is 0 Å². The lowest BCUT2D eigenvalue weighted by Gasteiger charge is -2.02. The van der Waals surface area contributed by atoms with Gasteiger partial charge in [-0.25, -0.2) is 0 Å². The molecule has 0 atom stereocenters. The summed E-state index contributed by atoms with van der Waals surface area (Å²) in [5.74, 6) is -0.826. The van der Waals surface area contributed by atoms with Gasteiger partial charge in [0.05, 0.1) is 6.20 Å². The molecule has 6 nitrogen and oxygen atoms in total. The molecular formula is C11H16N2O4. The van der Waals surface area contributed by atoms with Crippen LogP contribution in [0, 0.1) is 0 Å². The number of carboxylic acids is 1. The summed E-state index contributed by atoms with van der Waals surface area (Å²) in [4.78, 5) is 21.6. The first-order chi connectivity index (χ1) is 8.20. The average Bonchev–Trinajstić information content (AvgIpc) is 2.80. The largest absolute Gasteiger partial charge is 0.481 e. The highest BCUT2D eigenvalue weighted by Gasteiger charge is 2.07. The highest BCUT2D eigenvalue weighted by molar-refractivity contribution is 5.91. The van der Waals surface area contributed by atoms with Crippen molar-refractivity contribution >= 4 is 11.9 Å². The molecule has 0 spiro atoms. The van der Waals surface area contributed by atoms with Gasteiger partial charge in [-0.05, 0) is 12.8 Å². The van der Waals surface area contributed by atoms with Crippen LogP contribution >= 0.6 is 0 Å². The van der Waals surface area contributed by atoms with Crippen LogP contribution in [-0.4, -0.2) is 28.7 Å². The lowest BCUT2D eigenvalue weighted by Crippen LogP contribution is -2.23. The van der Waals surface area contributed by atoms with Gasteiger partial charge in [-0.1, -0.05) is 18.0 Å². The fourth-order valence-electron chi connectivity index (χ4n) is 1.38. The van der Waals surface area contributed by atoms with Crippen molar-refractivity contribution in [3.63, 3.8) is 0 Å². The summed E-state index contributed by atoms with van der Waals surface area (Å²) in [5.41, 5.74) is 0. The molecule has 0 saturated heterocycles. The van der Waals surface area contributed by atoms with Crippen molar-refractivity contribution in [2.75, 3.05) is 6.54 Å². The summed E-state index contributed by atoms with van der Waals surface area (Å²) in [7, 11) is 0. The standard InChI is InChI=1S/C11H16N2O4/c14-10(15)5-3-1-2-4-7-12-11(16)9-6-8-13-17-9/h6,8H,1-5,7H2,(H,12,16)(H,14,15). The van der Waals surface area contributed by atoms with Crippen molar-refractivity contribution in [1.82, 2.24) is 10.5 Å². The molecular weight excluding hydrogens is 224 g/mol. The van der Waals surface area contributed by atoms with Crippen LogP contribution in [0.2, 0.25) is 0 Å². The van der Waals surface area contributed by atoms with Gasteiger partial charge in [0.2, 0.25) is 5.76 Å². The van der Waals surface area contributed by atoms with E-state index in [1.807, 2.05) is 0 Å². The first kappa shape index (κ1) is 13.2. The lowest BCUT2D eigenvalue weighted by molar-refractivity contribution is -0.137. The number of amides is 1. The van der Waals surface area contributed by atoms with E-state index < -0.39 is 5.97 Å². The second kappa shape index (κ2) is 7.43. The predicted molar refractivity (Wildman–Crippen MR) is 59.6 cm³/mol. The van der Waals surface area contributed by atoms with Gasteiger partial charge in [-0.2, -0.15) is 0 Å². The van der Waals surface area contributed by atoms with Crippen LogP contribution in [0.4, 0.5) is 0 Å². The van der Waals surface area contributed by atoms with Crippen LogP contribution < -0.4 is 5.32 Å². The predicted octanol–water partition coefficient (Wildman–Crippen LogP) is 1.44. The Balaban J connectivity index is 1.97. The van der Waals surface area contributed by atoms with Gasteiger partial charge < -0.3 is 14.9 Å².